The number of carbonyl (C=O) groups is 2. The normalized spacial score (nSPS) is 14.5. The second kappa shape index (κ2) is 9.80. The molecule has 1 aliphatic rings. The van der Waals surface area contributed by atoms with Crippen molar-refractivity contribution in [1.29, 1.82) is 0 Å². The van der Waals surface area contributed by atoms with E-state index in [1.807, 2.05) is 18.2 Å². The van der Waals surface area contributed by atoms with Gasteiger partial charge in [0, 0.05) is 43.5 Å². The lowest BCUT2D eigenvalue weighted by atomic mass is 10.1. The van der Waals surface area contributed by atoms with Gasteiger partial charge in [-0.3, -0.25) is 19.5 Å². The van der Waals surface area contributed by atoms with E-state index in [1.165, 1.54) is 0 Å². The van der Waals surface area contributed by atoms with E-state index in [4.69, 9.17) is 4.74 Å². The van der Waals surface area contributed by atoms with Gasteiger partial charge in [-0.1, -0.05) is 6.07 Å². The molecule has 2 aromatic rings. The number of ether oxygens (including phenoxy) is 1. The number of rotatable bonds is 7. The van der Waals surface area contributed by atoms with E-state index in [0.717, 1.165) is 38.5 Å². The van der Waals surface area contributed by atoms with Crippen molar-refractivity contribution in [2.45, 2.75) is 6.54 Å². The molecule has 2 heterocycles. The highest BCUT2D eigenvalue weighted by molar-refractivity contribution is 5.97. The minimum Gasteiger partial charge on any atom is -0.379 e. The van der Waals surface area contributed by atoms with Crippen molar-refractivity contribution < 1.29 is 14.3 Å². The number of hydrogen-bond acceptors (Lipinski definition) is 5. The van der Waals surface area contributed by atoms with Crippen LogP contribution < -0.4 is 10.6 Å². The topological polar surface area (TPSA) is 83.6 Å². The first-order valence-electron chi connectivity index (χ1n) is 9.09. The Kier molecular flexibility index (Phi) is 6.90. The summed E-state index contributed by atoms with van der Waals surface area (Å²) >= 11 is 0. The standard InChI is InChI=1S/C20H24N4O3/c25-19(22-9-10-24-11-13-27-14-12-24)16-4-6-17(7-5-16)20(26)23-15-18-3-1-2-8-21-18/h1-8H,9-15H2,(H,22,25)(H,23,26). The molecular formula is C20H24N4O3. The fraction of sp³-hybridized carbons (Fsp3) is 0.350. The SMILES string of the molecule is O=C(NCCN1CCOCC1)c1ccc(C(=O)NCc2ccccn2)cc1. The number of carbonyl (C=O) groups excluding carboxylic acids is 2. The Labute approximate surface area is 158 Å². The van der Waals surface area contributed by atoms with Crippen molar-refractivity contribution in [2.24, 2.45) is 0 Å². The summed E-state index contributed by atoms with van der Waals surface area (Å²) in [5.74, 6) is -0.330. The highest BCUT2D eigenvalue weighted by Gasteiger charge is 2.12. The third-order valence-corrected chi connectivity index (χ3v) is 4.38. The smallest absolute Gasteiger partial charge is 0.251 e. The monoisotopic (exact) mass is 368 g/mol. The molecule has 1 aliphatic heterocycles. The largest absolute Gasteiger partial charge is 0.379 e. The molecule has 142 valence electrons. The van der Waals surface area contributed by atoms with Gasteiger partial charge in [-0.15, -0.1) is 0 Å². The predicted molar refractivity (Wildman–Crippen MR) is 101 cm³/mol. The second-order valence-corrected chi connectivity index (χ2v) is 6.29. The number of morpholine rings is 1. The summed E-state index contributed by atoms with van der Waals surface area (Å²) in [6.45, 7) is 5.06. The Morgan fingerprint density at radius 1 is 0.963 bits per heavy atom. The summed E-state index contributed by atoms with van der Waals surface area (Å²) in [5, 5.41) is 5.73. The van der Waals surface area contributed by atoms with Gasteiger partial charge >= 0.3 is 0 Å². The van der Waals surface area contributed by atoms with Gasteiger partial charge in [0.1, 0.15) is 0 Å². The molecule has 2 N–H and O–H groups in total. The molecule has 1 saturated heterocycles. The van der Waals surface area contributed by atoms with Crippen LogP contribution in [0.1, 0.15) is 26.4 Å². The molecule has 0 unspecified atom stereocenters. The van der Waals surface area contributed by atoms with Crippen LogP contribution in [0, 0.1) is 0 Å². The van der Waals surface area contributed by atoms with Crippen molar-refractivity contribution in [3.63, 3.8) is 0 Å². The van der Waals surface area contributed by atoms with Gasteiger partial charge in [0.2, 0.25) is 0 Å². The van der Waals surface area contributed by atoms with E-state index in [-0.39, 0.29) is 11.8 Å². The van der Waals surface area contributed by atoms with E-state index in [9.17, 15) is 9.59 Å². The molecule has 0 aliphatic carbocycles. The molecule has 0 spiro atoms. The van der Waals surface area contributed by atoms with E-state index >= 15 is 0 Å². The third-order valence-electron chi connectivity index (χ3n) is 4.38. The predicted octanol–water partition coefficient (Wildman–Crippen LogP) is 1.07. The molecule has 3 rings (SSSR count). The molecular weight excluding hydrogens is 344 g/mol. The fourth-order valence-electron chi connectivity index (χ4n) is 2.80. The van der Waals surface area contributed by atoms with Crippen molar-refractivity contribution in [3.8, 4) is 0 Å². The summed E-state index contributed by atoms with van der Waals surface area (Å²) < 4.78 is 5.30. The number of benzene rings is 1. The molecule has 2 amide bonds. The van der Waals surface area contributed by atoms with Gasteiger partial charge in [0.25, 0.3) is 11.8 Å². The Hall–Kier alpha value is -2.77. The molecule has 1 fully saturated rings. The lowest BCUT2D eigenvalue weighted by Crippen LogP contribution is -2.41. The molecule has 1 aromatic heterocycles. The maximum Gasteiger partial charge on any atom is 0.251 e. The molecule has 0 radical (unpaired) electrons. The summed E-state index contributed by atoms with van der Waals surface area (Å²) in [7, 11) is 0. The van der Waals surface area contributed by atoms with Gasteiger partial charge in [0.05, 0.1) is 25.5 Å². The molecule has 1 aromatic carbocycles. The maximum atomic E-state index is 12.2. The van der Waals surface area contributed by atoms with Crippen LogP contribution in [-0.4, -0.2) is 61.1 Å². The van der Waals surface area contributed by atoms with Crippen LogP contribution in [0.25, 0.3) is 0 Å². The van der Waals surface area contributed by atoms with Gasteiger partial charge in [0.15, 0.2) is 0 Å². The quantitative estimate of drug-likeness (QED) is 0.764. The minimum absolute atomic E-state index is 0.135. The van der Waals surface area contributed by atoms with E-state index in [2.05, 4.69) is 20.5 Å². The zero-order valence-corrected chi connectivity index (χ0v) is 15.2. The van der Waals surface area contributed by atoms with E-state index in [1.54, 1.807) is 30.5 Å². The molecule has 0 atom stereocenters. The van der Waals surface area contributed by atoms with Gasteiger partial charge in [-0.05, 0) is 36.4 Å². The first-order valence-corrected chi connectivity index (χ1v) is 9.09. The van der Waals surface area contributed by atoms with Crippen LogP contribution in [0.4, 0.5) is 0 Å². The minimum atomic E-state index is -0.195. The Bertz CT molecular complexity index is 744. The van der Waals surface area contributed by atoms with Crippen LogP contribution in [0.15, 0.2) is 48.7 Å². The van der Waals surface area contributed by atoms with Crippen molar-refractivity contribution >= 4 is 11.8 Å². The number of aromatic nitrogens is 1. The highest BCUT2D eigenvalue weighted by atomic mass is 16.5. The molecule has 0 saturated carbocycles. The molecule has 0 bridgehead atoms. The van der Waals surface area contributed by atoms with Crippen LogP contribution >= 0.6 is 0 Å². The van der Waals surface area contributed by atoms with Crippen LogP contribution in [-0.2, 0) is 11.3 Å². The average Bonchev–Trinajstić information content (AvgIpc) is 2.73. The average molecular weight is 368 g/mol. The molecule has 7 nitrogen and oxygen atoms in total. The zero-order chi connectivity index (χ0) is 18.9. The van der Waals surface area contributed by atoms with E-state index < -0.39 is 0 Å². The van der Waals surface area contributed by atoms with Gasteiger partial charge in [-0.25, -0.2) is 0 Å². The first kappa shape index (κ1) is 19.0. The van der Waals surface area contributed by atoms with E-state index in [0.29, 0.717) is 24.2 Å². The van der Waals surface area contributed by atoms with Crippen LogP contribution in [0.2, 0.25) is 0 Å². The number of amides is 2. The molecule has 27 heavy (non-hydrogen) atoms. The second-order valence-electron chi connectivity index (χ2n) is 6.29. The lowest BCUT2D eigenvalue weighted by molar-refractivity contribution is 0.0383. The van der Waals surface area contributed by atoms with Crippen LogP contribution in [0.5, 0.6) is 0 Å². The summed E-state index contributed by atoms with van der Waals surface area (Å²) in [6, 6.07) is 12.2. The Morgan fingerprint density at radius 3 is 2.26 bits per heavy atom. The third kappa shape index (κ3) is 5.87. The van der Waals surface area contributed by atoms with Crippen LogP contribution in [0.3, 0.4) is 0 Å². The van der Waals surface area contributed by atoms with Crippen molar-refractivity contribution in [3.05, 3.63) is 65.5 Å². The highest BCUT2D eigenvalue weighted by Crippen LogP contribution is 2.05. The number of pyridine rings is 1. The van der Waals surface area contributed by atoms with Gasteiger partial charge in [-0.2, -0.15) is 0 Å². The lowest BCUT2D eigenvalue weighted by Gasteiger charge is -2.26. The summed E-state index contributed by atoms with van der Waals surface area (Å²) in [6.07, 6.45) is 1.69. The number of nitrogens with one attached hydrogen (secondary N) is 2. The van der Waals surface area contributed by atoms with Gasteiger partial charge < -0.3 is 15.4 Å². The zero-order valence-electron chi connectivity index (χ0n) is 15.2. The summed E-state index contributed by atoms with van der Waals surface area (Å²) in [5.41, 5.74) is 1.84. The Balaban J connectivity index is 1.44. The Morgan fingerprint density at radius 2 is 1.63 bits per heavy atom. The number of hydrogen-bond donors (Lipinski definition) is 2. The molecule has 7 heteroatoms. The first-order chi connectivity index (χ1) is 13.2. The van der Waals surface area contributed by atoms with Crippen molar-refractivity contribution in [1.82, 2.24) is 20.5 Å². The summed E-state index contributed by atoms with van der Waals surface area (Å²) in [4.78, 5) is 30.8. The van der Waals surface area contributed by atoms with Crippen molar-refractivity contribution in [2.75, 3.05) is 39.4 Å². The fourth-order valence-corrected chi connectivity index (χ4v) is 2.80. The maximum absolute atomic E-state index is 12.2. The number of nitrogens with zero attached hydrogens (tertiary/aromatic N) is 2.